The van der Waals surface area contributed by atoms with Gasteiger partial charge in [0.05, 0.1) is 55.3 Å². The number of benzene rings is 1. The van der Waals surface area contributed by atoms with Crippen LogP contribution >= 0.6 is 11.6 Å². The van der Waals surface area contributed by atoms with E-state index in [4.69, 9.17) is 16.3 Å². The van der Waals surface area contributed by atoms with Crippen molar-refractivity contribution in [2.75, 3.05) is 38.2 Å². The smallest absolute Gasteiger partial charge is 0.339 e. The molecule has 3 rings (SSSR count). The van der Waals surface area contributed by atoms with Gasteiger partial charge in [0, 0.05) is 5.69 Å². The van der Waals surface area contributed by atoms with Gasteiger partial charge in [-0.2, -0.15) is 0 Å². The summed E-state index contributed by atoms with van der Waals surface area (Å²) < 4.78 is 4.84. The van der Waals surface area contributed by atoms with Crippen molar-refractivity contribution >= 4 is 29.0 Å². The minimum absolute atomic E-state index is 0.0250. The number of hydrogen-bond donors (Lipinski definition) is 2. The van der Waals surface area contributed by atoms with E-state index in [1.807, 2.05) is 31.2 Å². The van der Waals surface area contributed by atoms with E-state index in [1.165, 1.54) is 12.0 Å². The molecule has 0 spiro atoms. The summed E-state index contributed by atoms with van der Waals surface area (Å²) in [7, 11) is 1.35. The number of aromatic nitrogens is 1. The molecule has 1 fully saturated rings. The number of quaternary nitrogens is 1. The first-order chi connectivity index (χ1) is 13.3. The third-order valence-corrected chi connectivity index (χ3v) is 6.00. The molecule has 1 aliphatic heterocycles. The van der Waals surface area contributed by atoms with Crippen LogP contribution in [0.1, 0.15) is 39.0 Å². The van der Waals surface area contributed by atoms with Crippen molar-refractivity contribution in [3.8, 4) is 0 Å². The Kier molecular flexibility index (Phi) is 6.10. The number of carbonyl (C=O) groups excluding carboxylic acids is 2. The summed E-state index contributed by atoms with van der Waals surface area (Å²) in [5.41, 5.74) is 3.33. The van der Waals surface area contributed by atoms with E-state index >= 15 is 0 Å². The van der Waals surface area contributed by atoms with E-state index in [0.717, 1.165) is 36.9 Å². The number of carbonyl (C=O) groups is 2. The van der Waals surface area contributed by atoms with Gasteiger partial charge >= 0.3 is 5.97 Å². The predicted octanol–water partition coefficient (Wildman–Crippen LogP) is 2.05. The highest BCUT2D eigenvalue weighted by molar-refractivity contribution is 6.33. The number of halogens is 1. The number of ketones is 1. The largest absolute Gasteiger partial charge is 0.465 e. The number of nitrogens with one attached hydrogen (secondary N) is 2. The number of ether oxygens (including phenoxy) is 1. The molecule has 0 radical (unpaired) electrons. The molecule has 0 saturated carbocycles. The second-order valence-corrected chi connectivity index (χ2v) is 7.71. The molecular formula is C21H27ClN3O3+. The number of H-pyrrole nitrogens is 1. The number of piperazine rings is 1. The van der Waals surface area contributed by atoms with Crippen molar-refractivity contribution in [1.29, 1.82) is 0 Å². The molecule has 0 amide bonds. The van der Waals surface area contributed by atoms with Crippen LogP contribution in [0.15, 0.2) is 24.3 Å². The third kappa shape index (κ3) is 3.80. The fraction of sp³-hybridized carbons (Fsp3) is 0.429. The predicted molar refractivity (Wildman–Crippen MR) is 110 cm³/mol. The number of anilines is 1. The lowest BCUT2D eigenvalue weighted by atomic mass is 10.0. The second-order valence-electron chi connectivity index (χ2n) is 7.30. The number of methoxy groups -OCH3 is 1. The zero-order chi connectivity index (χ0) is 20.4. The van der Waals surface area contributed by atoms with Gasteiger partial charge < -0.3 is 19.5 Å². The Labute approximate surface area is 170 Å². The highest BCUT2D eigenvalue weighted by atomic mass is 35.5. The molecule has 0 bridgehead atoms. The number of esters is 1. The highest BCUT2D eigenvalue weighted by Gasteiger charge is 2.33. The van der Waals surface area contributed by atoms with E-state index in [0.29, 0.717) is 22.5 Å². The monoisotopic (exact) mass is 404 g/mol. The molecule has 7 heteroatoms. The van der Waals surface area contributed by atoms with Gasteiger partial charge in [-0.3, -0.25) is 4.79 Å². The maximum atomic E-state index is 13.1. The first kappa shape index (κ1) is 20.4. The molecule has 150 valence electrons. The Bertz CT molecular complexity index is 885. The number of nitrogens with zero attached hydrogens (tertiary/aromatic N) is 1. The van der Waals surface area contributed by atoms with Gasteiger partial charge in [-0.25, -0.2) is 4.79 Å². The molecule has 28 heavy (non-hydrogen) atoms. The zero-order valence-electron chi connectivity index (χ0n) is 16.8. The minimum atomic E-state index is -0.418. The summed E-state index contributed by atoms with van der Waals surface area (Å²) in [6.45, 7) is 8.91. The van der Waals surface area contributed by atoms with Crippen LogP contribution in [0.5, 0.6) is 0 Å². The van der Waals surface area contributed by atoms with Gasteiger partial charge in [-0.1, -0.05) is 23.7 Å². The van der Waals surface area contributed by atoms with E-state index in [9.17, 15) is 9.59 Å². The number of para-hydroxylation sites is 1. The molecule has 1 aromatic carbocycles. The topological polar surface area (TPSA) is 66.8 Å². The summed E-state index contributed by atoms with van der Waals surface area (Å²) in [4.78, 5) is 31.7. The molecule has 2 heterocycles. The molecule has 6 nitrogen and oxygen atoms in total. The van der Waals surface area contributed by atoms with Crippen molar-refractivity contribution in [1.82, 2.24) is 4.98 Å². The second kappa shape index (κ2) is 8.37. The number of aryl methyl sites for hydroxylation is 1. The molecule has 2 N–H and O–H groups in total. The molecule has 0 unspecified atom stereocenters. The van der Waals surface area contributed by atoms with Gasteiger partial charge in [0.15, 0.2) is 6.04 Å². The van der Waals surface area contributed by atoms with Gasteiger partial charge in [-0.15, -0.1) is 0 Å². The Morgan fingerprint density at radius 3 is 2.46 bits per heavy atom. The minimum Gasteiger partial charge on any atom is -0.465 e. The van der Waals surface area contributed by atoms with Crippen LogP contribution in [0.3, 0.4) is 0 Å². The van der Waals surface area contributed by atoms with E-state index in [1.54, 1.807) is 13.8 Å². The van der Waals surface area contributed by atoms with Crippen molar-refractivity contribution in [3.63, 3.8) is 0 Å². The average Bonchev–Trinajstić information content (AvgIpc) is 3.01. The Balaban J connectivity index is 1.70. The van der Waals surface area contributed by atoms with E-state index in [-0.39, 0.29) is 11.8 Å². The van der Waals surface area contributed by atoms with Crippen LogP contribution < -0.4 is 9.80 Å². The van der Waals surface area contributed by atoms with E-state index in [2.05, 4.69) is 9.88 Å². The number of aromatic amines is 1. The third-order valence-electron chi connectivity index (χ3n) is 5.68. The van der Waals surface area contributed by atoms with Gasteiger partial charge in [0.1, 0.15) is 0 Å². The zero-order valence-corrected chi connectivity index (χ0v) is 17.5. The van der Waals surface area contributed by atoms with Crippen LogP contribution in [0.25, 0.3) is 0 Å². The Morgan fingerprint density at radius 2 is 1.86 bits per heavy atom. The fourth-order valence-corrected chi connectivity index (χ4v) is 4.24. The molecule has 1 atom stereocenters. The maximum absolute atomic E-state index is 13.1. The molecule has 1 aromatic heterocycles. The molecule has 2 aromatic rings. The van der Waals surface area contributed by atoms with Gasteiger partial charge in [-0.05, 0) is 38.5 Å². The average molecular weight is 405 g/mol. The summed E-state index contributed by atoms with van der Waals surface area (Å²) in [5.74, 6) is -0.393. The SMILES string of the molecule is COC(=O)c1c(C)[nH]c(C(=O)[C@H](C)[NH+]2CCN(c3ccccc3Cl)CC2)c1C. The standard InChI is InChI=1S/C21H26ClN3O3/c1-13-18(21(27)28-4)14(2)23-19(13)20(26)15(3)24-9-11-25(12-10-24)17-8-6-5-7-16(17)22/h5-8,15,23H,9-12H2,1-4H3/p+1/t15-/m0/s1. The Hall–Kier alpha value is -2.31. The summed E-state index contributed by atoms with van der Waals surface area (Å²) in [5, 5.41) is 0.753. The molecular weight excluding hydrogens is 378 g/mol. The van der Waals surface area contributed by atoms with Crippen LogP contribution in [0.2, 0.25) is 5.02 Å². The van der Waals surface area contributed by atoms with Crippen LogP contribution in [-0.2, 0) is 4.74 Å². The lowest BCUT2D eigenvalue weighted by Gasteiger charge is -2.36. The number of Topliss-reactive ketones (excluding diaryl/α,β-unsaturated/α-hetero) is 1. The molecule has 1 aliphatic rings. The summed E-state index contributed by atoms with van der Waals surface area (Å²) >= 11 is 6.31. The van der Waals surface area contributed by atoms with Crippen LogP contribution in [0, 0.1) is 13.8 Å². The van der Waals surface area contributed by atoms with Gasteiger partial charge in [0.25, 0.3) is 0 Å². The first-order valence-corrected chi connectivity index (χ1v) is 9.88. The highest BCUT2D eigenvalue weighted by Crippen LogP contribution is 2.25. The van der Waals surface area contributed by atoms with E-state index < -0.39 is 5.97 Å². The number of rotatable bonds is 5. The Morgan fingerprint density at radius 1 is 1.21 bits per heavy atom. The quantitative estimate of drug-likeness (QED) is 0.591. The van der Waals surface area contributed by atoms with Crippen molar-refractivity contribution in [3.05, 3.63) is 51.8 Å². The lowest BCUT2D eigenvalue weighted by Crippen LogP contribution is -3.18. The maximum Gasteiger partial charge on any atom is 0.339 e. The first-order valence-electron chi connectivity index (χ1n) is 9.50. The summed E-state index contributed by atoms with van der Waals surface area (Å²) in [6.07, 6.45) is 0. The van der Waals surface area contributed by atoms with Crippen LogP contribution in [-0.4, -0.2) is 56.1 Å². The summed E-state index contributed by atoms with van der Waals surface area (Å²) in [6, 6.07) is 7.65. The normalized spacial score (nSPS) is 16.1. The van der Waals surface area contributed by atoms with Crippen molar-refractivity contribution in [2.24, 2.45) is 0 Å². The van der Waals surface area contributed by atoms with Crippen molar-refractivity contribution < 1.29 is 19.2 Å². The molecule has 1 saturated heterocycles. The molecule has 0 aliphatic carbocycles. The van der Waals surface area contributed by atoms with Gasteiger partial charge in [0.2, 0.25) is 5.78 Å². The number of hydrogen-bond acceptors (Lipinski definition) is 4. The lowest BCUT2D eigenvalue weighted by molar-refractivity contribution is -0.914. The van der Waals surface area contributed by atoms with Crippen molar-refractivity contribution in [2.45, 2.75) is 26.8 Å². The fourth-order valence-electron chi connectivity index (χ4n) is 3.98. The van der Waals surface area contributed by atoms with Crippen LogP contribution in [0.4, 0.5) is 5.69 Å².